The normalized spacial score (nSPS) is 22.0. The summed E-state index contributed by atoms with van der Waals surface area (Å²) in [5.74, 6) is 0.800. The van der Waals surface area contributed by atoms with E-state index in [4.69, 9.17) is 11.6 Å². The smallest absolute Gasteiger partial charge is 0.227 e. The van der Waals surface area contributed by atoms with Crippen LogP contribution in [0.15, 0.2) is 18.3 Å². The van der Waals surface area contributed by atoms with Crippen LogP contribution in [0.1, 0.15) is 24.5 Å². The van der Waals surface area contributed by atoms with Gasteiger partial charge in [-0.25, -0.2) is 0 Å². The molecule has 160 valence electrons. The Bertz CT molecular complexity index is 982. The van der Waals surface area contributed by atoms with Crippen LogP contribution < -0.4 is 4.90 Å². The van der Waals surface area contributed by atoms with Crippen molar-refractivity contribution in [3.05, 3.63) is 34.5 Å². The van der Waals surface area contributed by atoms with Gasteiger partial charge in [0.15, 0.2) is 0 Å². The highest BCUT2D eigenvalue weighted by Gasteiger charge is 2.55. The Morgan fingerprint density at radius 1 is 1.27 bits per heavy atom. The van der Waals surface area contributed by atoms with Crippen LogP contribution in [0.5, 0.6) is 0 Å². The van der Waals surface area contributed by atoms with E-state index in [9.17, 15) is 9.35 Å². The second kappa shape index (κ2) is 7.53. The van der Waals surface area contributed by atoms with Crippen molar-refractivity contribution < 1.29 is 9.35 Å². The topological polar surface area (TPSA) is 78.5 Å². The first kappa shape index (κ1) is 20.3. The summed E-state index contributed by atoms with van der Waals surface area (Å²) in [6.07, 6.45) is 3.11. The maximum Gasteiger partial charge on any atom is 0.227 e. The Kier molecular flexibility index (Phi) is 5.10. The fourth-order valence-corrected chi connectivity index (χ4v) is 6.63. The van der Waals surface area contributed by atoms with Crippen LogP contribution in [0.4, 0.5) is 5.69 Å². The monoisotopic (exact) mass is 447 g/mol. The molecule has 30 heavy (non-hydrogen) atoms. The number of aromatic amines is 1. The predicted molar refractivity (Wildman–Crippen MR) is 119 cm³/mol. The van der Waals surface area contributed by atoms with Crippen LogP contribution in [0.25, 0.3) is 11.3 Å². The number of hydrogen-bond donors (Lipinski definition) is 1. The summed E-state index contributed by atoms with van der Waals surface area (Å²) in [6, 6.07) is 4.05. The van der Waals surface area contributed by atoms with E-state index in [1.54, 1.807) is 11.9 Å². The average Bonchev–Trinajstić information content (AvgIpc) is 3.13. The molecule has 3 aliphatic rings. The van der Waals surface area contributed by atoms with Crippen molar-refractivity contribution in [1.82, 2.24) is 19.4 Å². The summed E-state index contributed by atoms with van der Waals surface area (Å²) in [5.41, 5.74) is 5.39. The number of likely N-dealkylation sites (tertiary alicyclic amines) is 1. The molecule has 1 spiro atoms. The number of anilines is 1. The minimum absolute atomic E-state index is 0.100. The van der Waals surface area contributed by atoms with Crippen molar-refractivity contribution in [2.45, 2.75) is 26.3 Å². The van der Waals surface area contributed by atoms with Gasteiger partial charge in [0.2, 0.25) is 5.91 Å². The number of hydrogen-bond acceptors (Lipinski definition) is 5. The SMILES string of the molecule is CC[S+]([O-])N1CC2(CN(Cc3cn[nH]c3-c3cc(Cl)c4c(c3)CCC(=O)N4C)C2)C1. The minimum Gasteiger partial charge on any atom is -0.598 e. The summed E-state index contributed by atoms with van der Waals surface area (Å²) in [7, 11) is 1.78. The van der Waals surface area contributed by atoms with Gasteiger partial charge < -0.3 is 9.45 Å². The molecule has 1 N–H and O–H groups in total. The first-order chi connectivity index (χ1) is 14.4. The minimum atomic E-state index is -0.816. The summed E-state index contributed by atoms with van der Waals surface area (Å²) in [5, 5.41) is 8.03. The van der Waals surface area contributed by atoms with Gasteiger partial charge in [0.25, 0.3) is 0 Å². The number of aromatic nitrogens is 2. The molecular weight excluding hydrogens is 422 g/mol. The van der Waals surface area contributed by atoms with Crippen molar-refractivity contribution in [3.8, 4) is 11.3 Å². The number of amides is 1. The van der Waals surface area contributed by atoms with Gasteiger partial charge in [0, 0.05) is 61.0 Å². The summed E-state index contributed by atoms with van der Waals surface area (Å²) < 4.78 is 14.0. The standard InChI is InChI=1S/C21H26ClN5O2S/c1-3-30(29)27-12-21(13-27)10-26(11-21)9-16-8-23-24-19(16)15-6-14-4-5-18(28)25(2)20(14)17(22)7-15/h6-8H,3-5,9-13H2,1-2H3,(H,23,24). The Morgan fingerprint density at radius 2 is 2.03 bits per heavy atom. The third-order valence-corrected chi connectivity index (χ3v) is 8.15. The molecule has 4 heterocycles. The quantitative estimate of drug-likeness (QED) is 0.712. The van der Waals surface area contributed by atoms with Crippen molar-refractivity contribution in [2.75, 3.05) is 43.9 Å². The van der Waals surface area contributed by atoms with Gasteiger partial charge in [-0.3, -0.25) is 14.8 Å². The van der Waals surface area contributed by atoms with E-state index in [1.807, 2.05) is 19.2 Å². The van der Waals surface area contributed by atoms with Gasteiger partial charge in [-0.05, 0) is 31.0 Å². The Labute approximate surface area is 184 Å². The van der Waals surface area contributed by atoms with E-state index in [0.29, 0.717) is 29.0 Å². The molecule has 1 amide bonds. The van der Waals surface area contributed by atoms with E-state index in [0.717, 1.165) is 60.8 Å². The van der Waals surface area contributed by atoms with Gasteiger partial charge in [-0.1, -0.05) is 11.6 Å². The van der Waals surface area contributed by atoms with Gasteiger partial charge >= 0.3 is 0 Å². The number of halogens is 1. The molecule has 1 unspecified atom stereocenters. The highest BCUT2D eigenvalue weighted by Crippen LogP contribution is 2.43. The first-order valence-electron chi connectivity index (χ1n) is 10.4. The number of nitrogens with one attached hydrogen (secondary N) is 1. The third-order valence-electron chi connectivity index (χ3n) is 6.54. The highest BCUT2D eigenvalue weighted by molar-refractivity contribution is 7.89. The van der Waals surface area contributed by atoms with Crippen LogP contribution in [0, 0.1) is 5.41 Å². The summed E-state index contributed by atoms with van der Waals surface area (Å²) >= 11 is 5.75. The largest absolute Gasteiger partial charge is 0.598 e. The number of nitrogens with zero attached hydrogens (tertiary/aromatic N) is 4. The number of fused-ring (bicyclic) bond motifs is 1. The third kappa shape index (κ3) is 3.35. The van der Waals surface area contributed by atoms with Gasteiger partial charge in [-0.15, -0.1) is 4.31 Å². The van der Waals surface area contributed by atoms with E-state index in [1.165, 1.54) is 0 Å². The van der Waals surface area contributed by atoms with Gasteiger partial charge in [0.05, 0.1) is 35.7 Å². The van der Waals surface area contributed by atoms with Gasteiger partial charge in [0.1, 0.15) is 5.75 Å². The molecule has 1 aromatic heterocycles. The molecule has 0 radical (unpaired) electrons. The highest BCUT2D eigenvalue weighted by atomic mass is 35.5. The second-order valence-electron chi connectivity index (χ2n) is 8.74. The lowest BCUT2D eigenvalue weighted by Gasteiger charge is -2.58. The molecule has 2 aromatic rings. The van der Waals surface area contributed by atoms with Gasteiger partial charge in [-0.2, -0.15) is 5.10 Å². The molecule has 7 nitrogen and oxygen atoms in total. The molecule has 2 saturated heterocycles. The first-order valence-corrected chi connectivity index (χ1v) is 12.0. The molecule has 0 saturated carbocycles. The maximum atomic E-state index is 12.0. The Balaban J connectivity index is 1.29. The zero-order valence-electron chi connectivity index (χ0n) is 17.3. The lowest BCUT2D eigenvalue weighted by Crippen LogP contribution is -2.72. The van der Waals surface area contributed by atoms with Crippen LogP contribution in [-0.2, 0) is 29.1 Å². The van der Waals surface area contributed by atoms with Crippen molar-refractivity contribution in [2.24, 2.45) is 5.41 Å². The predicted octanol–water partition coefficient (Wildman–Crippen LogP) is 2.44. The van der Waals surface area contributed by atoms with Crippen LogP contribution >= 0.6 is 11.6 Å². The zero-order chi connectivity index (χ0) is 21.0. The number of rotatable bonds is 5. The fourth-order valence-electron chi connectivity index (χ4n) is 5.06. The van der Waals surface area contributed by atoms with E-state index in [-0.39, 0.29) is 5.91 Å². The molecule has 0 bridgehead atoms. The van der Waals surface area contributed by atoms with Crippen molar-refractivity contribution in [3.63, 3.8) is 0 Å². The molecule has 9 heteroatoms. The number of carbonyl (C=O) groups excluding carboxylic acids is 1. The van der Waals surface area contributed by atoms with Crippen LogP contribution in [0.3, 0.4) is 0 Å². The second-order valence-corrected chi connectivity index (χ2v) is 10.9. The molecule has 1 aromatic carbocycles. The van der Waals surface area contributed by atoms with Crippen molar-refractivity contribution in [1.29, 1.82) is 0 Å². The average molecular weight is 448 g/mol. The fraction of sp³-hybridized carbons (Fsp3) is 0.524. The van der Waals surface area contributed by atoms with E-state index >= 15 is 0 Å². The number of benzene rings is 1. The summed E-state index contributed by atoms with van der Waals surface area (Å²) in [4.78, 5) is 16.1. The molecule has 1 atom stereocenters. The molecule has 0 aliphatic carbocycles. The molecule has 3 aliphatic heterocycles. The zero-order valence-corrected chi connectivity index (χ0v) is 18.9. The number of carbonyl (C=O) groups is 1. The van der Waals surface area contributed by atoms with Crippen LogP contribution in [-0.4, -0.2) is 68.8 Å². The lowest BCUT2D eigenvalue weighted by atomic mass is 9.74. The van der Waals surface area contributed by atoms with Crippen LogP contribution in [0.2, 0.25) is 5.02 Å². The lowest BCUT2D eigenvalue weighted by molar-refractivity contribution is -0.118. The van der Waals surface area contributed by atoms with E-state index < -0.39 is 11.4 Å². The number of H-pyrrole nitrogens is 1. The number of aryl methyl sites for hydroxylation is 1. The summed E-state index contributed by atoms with van der Waals surface area (Å²) in [6.45, 7) is 6.75. The molecular formula is C21H26ClN5O2S. The Morgan fingerprint density at radius 3 is 2.77 bits per heavy atom. The molecule has 5 rings (SSSR count). The Hall–Kier alpha value is -1.58. The van der Waals surface area contributed by atoms with E-state index in [2.05, 4.69) is 25.5 Å². The maximum absolute atomic E-state index is 12.0. The molecule has 2 fully saturated rings. The van der Waals surface area contributed by atoms with Crippen molar-refractivity contribution >= 4 is 34.6 Å².